The highest BCUT2D eigenvalue weighted by Crippen LogP contribution is 2.15. The summed E-state index contributed by atoms with van der Waals surface area (Å²) in [4.78, 5) is 0. The molecule has 15 heavy (non-hydrogen) atoms. The molecule has 0 amide bonds. The average molecular weight is 215 g/mol. The van der Waals surface area contributed by atoms with Crippen LogP contribution in [0.5, 0.6) is 0 Å². The van der Waals surface area contributed by atoms with Crippen LogP contribution in [-0.4, -0.2) is 25.8 Å². The maximum atomic E-state index is 5.77. The lowest BCUT2D eigenvalue weighted by atomic mass is 9.94. The monoisotopic (exact) mass is 215 g/mol. The van der Waals surface area contributed by atoms with E-state index in [1.54, 1.807) is 0 Å². The molecule has 0 spiro atoms. The summed E-state index contributed by atoms with van der Waals surface area (Å²) in [7, 11) is 0. The van der Waals surface area contributed by atoms with Crippen LogP contribution in [-0.2, 0) is 4.74 Å². The fourth-order valence-corrected chi connectivity index (χ4v) is 1.24. The molecule has 1 atom stereocenters. The summed E-state index contributed by atoms with van der Waals surface area (Å²) in [5, 5.41) is 3.49. The molecule has 0 rings (SSSR count). The molecule has 0 aromatic rings. The Hall–Kier alpha value is -0.0800. The summed E-state index contributed by atoms with van der Waals surface area (Å²) in [5.41, 5.74) is 0.234. The highest BCUT2D eigenvalue weighted by molar-refractivity contribution is 4.71. The summed E-state index contributed by atoms with van der Waals surface area (Å²) < 4.78 is 5.77. The lowest BCUT2D eigenvalue weighted by molar-refractivity contribution is 0.0107. The molecule has 0 aromatic heterocycles. The van der Waals surface area contributed by atoms with E-state index in [2.05, 4.69) is 46.9 Å². The number of rotatable bonds is 8. The van der Waals surface area contributed by atoms with Crippen molar-refractivity contribution in [3.63, 3.8) is 0 Å². The second-order valence-electron chi connectivity index (χ2n) is 5.72. The highest BCUT2D eigenvalue weighted by atomic mass is 16.5. The number of ether oxygens (including phenoxy) is 1. The normalized spacial score (nSPS) is 14.6. The third kappa shape index (κ3) is 8.88. The lowest BCUT2D eigenvalue weighted by Crippen LogP contribution is -2.35. The third-order valence-corrected chi connectivity index (χ3v) is 2.49. The summed E-state index contributed by atoms with van der Waals surface area (Å²) >= 11 is 0. The van der Waals surface area contributed by atoms with E-state index >= 15 is 0 Å². The molecule has 1 unspecified atom stereocenters. The first kappa shape index (κ1) is 14.9. The van der Waals surface area contributed by atoms with E-state index in [1.165, 1.54) is 0 Å². The fraction of sp³-hybridized carbons (Fsp3) is 1.00. The average Bonchev–Trinajstić information content (AvgIpc) is 2.13. The zero-order valence-corrected chi connectivity index (χ0v) is 11.4. The first-order valence-corrected chi connectivity index (χ1v) is 6.19. The van der Waals surface area contributed by atoms with Crippen molar-refractivity contribution in [2.24, 2.45) is 11.3 Å². The fourth-order valence-electron chi connectivity index (χ4n) is 1.24. The van der Waals surface area contributed by atoms with Gasteiger partial charge in [0, 0.05) is 12.0 Å². The van der Waals surface area contributed by atoms with Gasteiger partial charge in [0.2, 0.25) is 0 Å². The molecule has 2 nitrogen and oxygen atoms in total. The molecule has 0 radical (unpaired) electrons. The molecular weight excluding hydrogens is 186 g/mol. The van der Waals surface area contributed by atoms with E-state index in [-0.39, 0.29) is 5.41 Å². The van der Waals surface area contributed by atoms with Crippen molar-refractivity contribution in [1.82, 2.24) is 5.32 Å². The predicted octanol–water partition coefficient (Wildman–Crippen LogP) is 3.07. The van der Waals surface area contributed by atoms with Crippen molar-refractivity contribution in [3.05, 3.63) is 0 Å². The molecule has 1 N–H and O–H groups in total. The quantitative estimate of drug-likeness (QED) is 0.672. The van der Waals surface area contributed by atoms with Crippen LogP contribution in [0.25, 0.3) is 0 Å². The standard InChI is InChI=1S/C13H29NO/c1-7-12(4)15-10-13(5,6)9-14-8-11(2)3/h11-12,14H,7-10H2,1-6H3. The van der Waals surface area contributed by atoms with Crippen LogP contribution in [0.2, 0.25) is 0 Å². The van der Waals surface area contributed by atoms with Crippen LogP contribution in [0.1, 0.15) is 48.0 Å². The maximum absolute atomic E-state index is 5.77. The maximum Gasteiger partial charge on any atom is 0.0544 e. The van der Waals surface area contributed by atoms with Crippen molar-refractivity contribution in [3.8, 4) is 0 Å². The largest absolute Gasteiger partial charge is 0.378 e. The van der Waals surface area contributed by atoms with Crippen molar-refractivity contribution < 1.29 is 4.74 Å². The molecule has 0 fully saturated rings. The smallest absolute Gasteiger partial charge is 0.0544 e. The van der Waals surface area contributed by atoms with Gasteiger partial charge in [-0.1, -0.05) is 34.6 Å². The second kappa shape index (κ2) is 7.24. The van der Waals surface area contributed by atoms with Crippen LogP contribution >= 0.6 is 0 Å². The molecule has 92 valence electrons. The topological polar surface area (TPSA) is 21.3 Å². The van der Waals surface area contributed by atoms with Crippen molar-refractivity contribution >= 4 is 0 Å². The van der Waals surface area contributed by atoms with Crippen molar-refractivity contribution in [2.75, 3.05) is 19.7 Å². The number of hydrogen-bond acceptors (Lipinski definition) is 2. The molecule has 0 bridgehead atoms. The second-order valence-corrected chi connectivity index (χ2v) is 5.72. The van der Waals surface area contributed by atoms with Crippen LogP contribution in [0, 0.1) is 11.3 Å². The number of nitrogens with one attached hydrogen (secondary N) is 1. The summed E-state index contributed by atoms with van der Waals surface area (Å²) in [5.74, 6) is 0.719. The third-order valence-electron chi connectivity index (χ3n) is 2.49. The van der Waals surface area contributed by atoms with Gasteiger partial charge in [-0.25, -0.2) is 0 Å². The molecule has 0 aliphatic heterocycles. The minimum atomic E-state index is 0.234. The Morgan fingerprint density at radius 3 is 2.27 bits per heavy atom. The Kier molecular flexibility index (Phi) is 7.20. The highest BCUT2D eigenvalue weighted by Gasteiger charge is 2.18. The van der Waals surface area contributed by atoms with E-state index in [9.17, 15) is 0 Å². The SMILES string of the molecule is CCC(C)OCC(C)(C)CNCC(C)C. The number of hydrogen-bond donors (Lipinski definition) is 1. The Labute approximate surface area is 95.8 Å². The molecular formula is C13H29NO. The van der Waals surface area contributed by atoms with Crippen molar-refractivity contribution in [1.29, 1.82) is 0 Å². The van der Waals surface area contributed by atoms with Crippen LogP contribution in [0.15, 0.2) is 0 Å². The van der Waals surface area contributed by atoms with Crippen molar-refractivity contribution in [2.45, 2.75) is 54.1 Å². The zero-order chi connectivity index (χ0) is 11.9. The lowest BCUT2D eigenvalue weighted by Gasteiger charge is -2.27. The van der Waals surface area contributed by atoms with Gasteiger partial charge in [-0.15, -0.1) is 0 Å². The Balaban J connectivity index is 3.66. The van der Waals surface area contributed by atoms with E-state index in [0.29, 0.717) is 6.10 Å². The van der Waals surface area contributed by atoms with Gasteiger partial charge in [0.25, 0.3) is 0 Å². The molecule has 0 saturated heterocycles. The summed E-state index contributed by atoms with van der Waals surface area (Å²) in [6.45, 7) is 16.2. The van der Waals surface area contributed by atoms with Crippen LogP contribution < -0.4 is 5.32 Å². The van der Waals surface area contributed by atoms with E-state index in [1.807, 2.05) is 0 Å². The molecule has 0 aliphatic carbocycles. The van der Waals surface area contributed by atoms with Crippen LogP contribution in [0.3, 0.4) is 0 Å². The minimum Gasteiger partial charge on any atom is -0.378 e. The Morgan fingerprint density at radius 2 is 1.80 bits per heavy atom. The van der Waals surface area contributed by atoms with E-state index in [4.69, 9.17) is 4.74 Å². The molecule has 0 aromatic carbocycles. The van der Waals surface area contributed by atoms with Gasteiger partial charge in [-0.3, -0.25) is 0 Å². The van der Waals surface area contributed by atoms with Crippen LogP contribution in [0.4, 0.5) is 0 Å². The molecule has 0 heterocycles. The Morgan fingerprint density at radius 1 is 1.20 bits per heavy atom. The van der Waals surface area contributed by atoms with Gasteiger partial charge in [0.1, 0.15) is 0 Å². The summed E-state index contributed by atoms with van der Waals surface area (Å²) in [6.07, 6.45) is 1.48. The van der Waals surface area contributed by atoms with Gasteiger partial charge >= 0.3 is 0 Å². The summed E-state index contributed by atoms with van der Waals surface area (Å²) in [6, 6.07) is 0. The molecule has 0 saturated carbocycles. The first-order valence-electron chi connectivity index (χ1n) is 6.19. The van der Waals surface area contributed by atoms with E-state index in [0.717, 1.165) is 32.0 Å². The first-order chi connectivity index (χ1) is 6.87. The predicted molar refractivity (Wildman–Crippen MR) is 67.2 cm³/mol. The van der Waals surface area contributed by atoms with E-state index < -0.39 is 0 Å². The van der Waals surface area contributed by atoms with Gasteiger partial charge in [-0.05, 0) is 25.8 Å². The van der Waals surface area contributed by atoms with Gasteiger partial charge < -0.3 is 10.1 Å². The van der Waals surface area contributed by atoms with Gasteiger partial charge in [0.15, 0.2) is 0 Å². The zero-order valence-electron chi connectivity index (χ0n) is 11.4. The van der Waals surface area contributed by atoms with Gasteiger partial charge in [-0.2, -0.15) is 0 Å². The van der Waals surface area contributed by atoms with Gasteiger partial charge in [0.05, 0.1) is 12.7 Å². The minimum absolute atomic E-state index is 0.234. The molecule has 2 heteroatoms. The molecule has 0 aliphatic rings. The Bertz CT molecular complexity index is 155.